The highest BCUT2D eigenvalue weighted by atomic mass is 19.1. The summed E-state index contributed by atoms with van der Waals surface area (Å²) in [7, 11) is 0. The minimum absolute atomic E-state index is 0.00414. The van der Waals surface area contributed by atoms with E-state index in [1.54, 1.807) is 0 Å². The molecule has 124 valence electrons. The third-order valence-electron chi connectivity index (χ3n) is 4.28. The van der Waals surface area contributed by atoms with Crippen LogP contribution in [0.15, 0.2) is 24.3 Å². The van der Waals surface area contributed by atoms with Crippen LogP contribution in [0.5, 0.6) is 0 Å². The first-order valence-electron chi connectivity index (χ1n) is 7.84. The molecule has 0 radical (unpaired) electrons. The molecule has 3 N–H and O–H groups in total. The first-order valence-corrected chi connectivity index (χ1v) is 7.84. The van der Waals surface area contributed by atoms with Crippen LogP contribution in [-0.4, -0.2) is 30.2 Å². The van der Waals surface area contributed by atoms with Gasteiger partial charge in [-0.2, -0.15) is 0 Å². The van der Waals surface area contributed by atoms with Crippen LogP contribution in [0.3, 0.4) is 0 Å². The summed E-state index contributed by atoms with van der Waals surface area (Å²) in [6, 6.07) is 5.71. The number of halogens is 1. The first kappa shape index (κ1) is 18.6. The third kappa shape index (κ3) is 5.73. The normalized spacial score (nSPS) is 13.0. The molecule has 0 aliphatic rings. The van der Waals surface area contributed by atoms with Crippen molar-refractivity contribution in [3.63, 3.8) is 0 Å². The summed E-state index contributed by atoms with van der Waals surface area (Å²) in [6.07, 6.45) is 2.11. The van der Waals surface area contributed by atoms with E-state index in [9.17, 15) is 14.3 Å². The number of hydrogen-bond donors (Lipinski definition) is 3. The number of benzene rings is 1. The number of carbonyl (C=O) groups excluding carboxylic acids is 1. The number of aliphatic hydroxyl groups is 1. The Balaban J connectivity index is 2.42. The fourth-order valence-electron chi connectivity index (χ4n) is 2.27. The van der Waals surface area contributed by atoms with E-state index in [0.717, 1.165) is 12.8 Å². The minimum atomic E-state index is -0.326. The average molecular weight is 310 g/mol. The number of aliphatic hydroxyl groups excluding tert-OH is 1. The molecule has 0 saturated heterocycles. The number of nitrogens with one attached hydrogen (secondary N) is 2. The Bertz CT molecular complexity index is 450. The van der Waals surface area contributed by atoms with Crippen LogP contribution < -0.4 is 10.6 Å². The van der Waals surface area contributed by atoms with E-state index >= 15 is 0 Å². The van der Waals surface area contributed by atoms with Crippen LogP contribution in [0.25, 0.3) is 0 Å². The molecule has 0 aliphatic carbocycles. The lowest BCUT2D eigenvalue weighted by Gasteiger charge is -2.31. The molecule has 0 spiro atoms. The van der Waals surface area contributed by atoms with E-state index in [2.05, 4.69) is 24.5 Å². The maximum atomic E-state index is 12.8. The predicted molar refractivity (Wildman–Crippen MR) is 87.2 cm³/mol. The summed E-state index contributed by atoms with van der Waals surface area (Å²) in [5, 5.41) is 15.6. The average Bonchev–Trinajstić information content (AvgIpc) is 2.51. The molecule has 0 fully saturated rings. The van der Waals surface area contributed by atoms with Crippen molar-refractivity contribution in [2.24, 2.45) is 5.41 Å². The van der Waals surface area contributed by atoms with Gasteiger partial charge in [0.2, 0.25) is 5.91 Å². The summed E-state index contributed by atoms with van der Waals surface area (Å²) in [5.74, 6) is -0.443. The van der Waals surface area contributed by atoms with E-state index in [0.29, 0.717) is 18.7 Å². The van der Waals surface area contributed by atoms with Crippen molar-refractivity contribution < 1.29 is 14.3 Å². The van der Waals surface area contributed by atoms with Crippen molar-refractivity contribution in [2.45, 2.75) is 46.1 Å². The van der Waals surface area contributed by atoms with Crippen molar-refractivity contribution in [1.29, 1.82) is 0 Å². The second kappa shape index (κ2) is 8.86. The smallest absolute Gasteiger partial charge is 0.225 e. The molecule has 22 heavy (non-hydrogen) atoms. The van der Waals surface area contributed by atoms with Gasteiger partial charge in [0.15, 0.2) is 0 Å². The van der Waals surface area contributed by atoms with E-state index in [1.807, 2.05) is 6.92 Å². The van der Waals surface area contributed by atoms with Crippen molar-refractivity contribution in [3.05, 3.63) is 30.1 Å². The second-order valence-electron chi connectivity index (χ2n) is 5.91. The fourth-order valence-corrected chi connectivity index (χ4v) is 2.27. The van der Waals surface area contributed by atoms with Gasteiger partial charge in [-0.15, -0.1) is 0 Å². The zero-order chi connectivity index (χ0) is 16.6. The third-order valence-corrected chi connectivity index (χ3v) is 4.28. The number of carbonyl (C=O) groups is 1. The minimum Gasteiger partial charge on any atom is -0.396 e. The quantitative estimate of drug-likeness (QED) is 0.657. The molecule has 0 aromatic heterocycles. The maximum absolute atomic E-state index is 12.8. The van der Waals surface area contributed by atoms with Crippen LogP contribution in [0.2, 0.25) is 0 Å². The molecule has 0 bridgehead atoms. The van der Waals surface area contributed by atoms with Crippen LogP contribution in [-0.2, 0) is 4.79 Å². The van der Waals surface area contributed by atoms with Crippen LogP contribution >= 0.6 is 0 Å². The van der Waals surface area contributed by atoms with E-state index in [1.165, 1.54) is 24.3 Å². The number of rotatable bonds is 9. The van der Waals surface area contributed by atoms with Crippen LogP contribution in [0, 0.1) is 11.2 Å². The highest BCUT2D eigenvalue weighted by Crippen LogP contribution is 2.24. The van der Waals surface area contributed by atoms with Gasteiger partial charge in [-0.25, -0.2) is 4.39 Å². The number of anilines is 1. The van der Waals surface area contributed by atoms with Gasteiger partial charge in [-0.05, 0) is 44.0 Å². The van der Waals surface area contributed by atoms with Crippen molar-refractivity contribution in [3.8, 4) is 0 Å². The van der Waals surface area contributed by atoms with Gasteiger partial charge in [-0.3, -0.25) is 4.79 Å². The molecular weight excluding hydrogens is 283 g/mol. The Labute approximate surface area is 132 Å². The van der Waals surface area contributed by atoms with Gasteiger partial charge >= 0.3 is 0 Å². The lowest BCUT2D eigenvalue weighted by Crippen LogP contribution is -2.41. The van der Waals surface area contributed by atoms with Gasteiger partial charge in [0.25, 0.3) is 0 Å². The summed E-state index contributed by atoms with van der Waals surface area (Å²) in [5.41, 5.74) is 0.465. The summed E-state index contributed by atoms with van der Waals surface area (Å²) in [6.45, 7) is 6.89. The molecule has 0 heterocycles. The molecular formula is C17H27FN2O2. The molecule has 1 unspecified atom stereocenters. The Morgan fingerprint density at radius 3 is 2.36 bits per heavy atom. The summed E-state index contributed by atoms with van der Waals surface area (Å²) in [4.78, 5) is 11.9. The number of hydrogen-bond acceptors (Lipinski definition) is 3. The van der Waals surface area contributed by atoms with Crippen molar-refractivity contribution in [1.82, 2.24) is 5.32 Å². The van der Waals surface area contributed by atoms with Crippen LogP contribution in [0.4, 0.5) is 10.1 Å². The Morgan fingerprint density at radius 1 is 1.27 bits per heavy atom. The molecule has 0 saturated carbocycles. The van der Waals surface area contributed by atoms with E-state index in [-0.39, 0.29) is 29.8 Å². The van der Waals surface area contributed by atoms with E-state index in [4.69, 9.17) is 0 Å². The van der Waals surface area contributed by atoms with Gasteiger partial charge in [0, 0.05) is 36.7 Å². The van der Waals surface area contributed by atoms with Crippen molar-refractivity contribution >= 4 is 11.6 Å². The Morgan fingerprint density at radius 2 is 1.86 bits per heavy atom. The first-order chi connectivity index (χ1) is 10.4. The van der Waals surface area contributed by atoms with Gasteiger partial charge in [0.1, 0.15) is 5.82 Å². The summed E-state index contributed by atoms with van der Waals surface area (Å²) < 4.78 is 12.8. The van der Waals surface area contributed by atoms with Crippen molar-refractivity contribution in [2.75, 3.05) is 18.5 Å². The molecule has 1 amide bonds. The van der Waals surface area contributed by atoms with Gasteiger partial charge in [0.05, 0.1) is 0 Å². The highest BCUT2D eigenvalue weighted by molar-refractivity contribution is 5.91. The topological polar surface area (TPSA) is 61.4 Å². The zero-order valence-corrected chi connectivity index (χ0v) is 13.7. The largest absolute Gasteiger partial charge is 0.396 e. The lowest BCUT2D eigenvalue weighted by molar-refractivity contribution is -0.116. The molecule has 0 aliphatic heterocycles. The molecule has 1 aromatic carbocycles. The zero-order valence-electron chi connectivity index (χ0n) is 13.7. The fraction of sp³-hybridized carbons (Fsp3) is 0.588. The van der Waals surface area contributed by atoms with E-state index < -0.39 is 0 Å². The molecule has 4 nitrogen and oxygen atoms in total. The molecule has 1 atom stereocenters. The summed E-state index contributed by atoms with van der Waals surface area (Å²) >= 11 is 0. The highest BCUT2D eigenvalue weighted by Gasteiger charge is 2.25. The predicted octanol–water partition coefficient (Wildman–Crippen LogP) is 2.93. The van der Waals surface area contributed by atoms with Crippen LogP contribution in [0.1, 0.15) is 40.0 Å². The maximum Gasteiger partial charge on any atom is 0.225 e. The molecule has 1 aromatic rings. The van der Waals surface area contributed by atoms with Gasteiger partial charge < -0.3 is 15.7 Å². The Kier molecular flexibility index (Phi) is 7.48. The standard InChI is InChI=1S/C17H27FN2O2/c1-4-17(5-2,12-21)11-19-13(3)10-16(22)20-15-8-6-14(18)7-9-15/h6-9,13,19,21H,4-5,10-12H2,1-3H3,(H,20,22). The second-order valence-corrected chi connectivity index (χ2v) is 5.91. The monoisotopic (exact) mass is 310 g/mol. The molecule has 1 rings (SSSR count). The lowest BCUT2D eigenvalue weighted by atomic mass is 9.83. The Hall–Kier alpha value is -1.46. The number of amides is 1. The molecule has 5 heteroatoms. The SMILES string of the molecule is CCC(CC)(CO)CNC(C)CC(=O)Nc1ccc(F)cc1. The van der Waals surface area contributed by atoms with Gasteiger partial charge in [-0.1, -0.05) is 13.8 Å².